The molecule has 0 aliphatic carbocycles. The number of carbonyl (C=O) groups excluding carboxylic acids is 1. The minimum absolute atomic E-state index is 0. The Bertz CT molecular complexity index is 581. The van der Waals surface area contributed by atoms with Gasteiger partial charge in [-0.3, -0.25) is 4.79 Å². The Morgan fingerprint density at radius 3 is 2.88 bits per heavy atom. The third-order valence-electron chi connectivity index (χ3n) is 4.56. The van der Waals surface area contributed by atoms with E-state index >= 15 is 0 Å². The van der Waals surface area contributed by atoms with Crippen LogP contribution in [0.25, 0.3) is 0 Å². The minimum atomic E-state index is -0.756. The fraction of sp³-hybridized carbons (Fsp3) is 0.611. The third-order valence-corrected chi connectivity index (χ3v) is 4.56. The monoisotopic (exact) mass is 386 g/mol. The predicted octanol–water partition coefficient (Wildman–Crippen LogP) is 1.47. The standard InChI is InChI=1S/C18H26N2O5.ClH/c21-14(10-20-18(22)4-1-13-5-7-19-8-6-13)11-23-15-2-3-16-17(9-15)25-12-24-16;/h2-3,9,13-14,19,21H,1,4-8,10-12H2,(H,20,22);1H. The van der Waals surface area contributed by atoms with E-state index in [9.17, 15) is 9.90 Å². The van der Waals surface area contributed by atoms with Crippen molar-refractivity contribution >= 4 is 18.3 Å². The number of halogens is 1. The van der Waals surface area contributed by atoms with Crippen LogP contribution >= 0.6 is 12.4 Å². The molecule has 1 fully saturated rings. The quantitative estimate of drug-likeness (QED) is 0.627. The van der Waals surface area contributed by atoms with Gasteiger partial charge in [-0.25, -0.2) is 0 Å². The van der Waals surface area contributed by atoms with Crippen LogP contribution in [0.1, 0.15) is 25.7 Å². The molecular formula is C18H27ClN2O5. The van der Waals surface area contributed by atoms with Crippen molar-refractivity contribution in [2.24, 2.45) is 5.92 Å². The van der Waals surface area contributed by atoms with Gasteiger partial charge in [0.2, 0.25) is 12.7 Å². The lowest BCUT2D eigenvalue weighted by atomic mass is 9.93. The van der Waals surface area contributed by atoms with Gasteiger partial charge in [0.1, 0.15) is 18.5 Å². The number of aliphatic hydroxyl groups excluding tert-OH is 1. The Morgan fingerprint density at radius 2 is 2.08 bits per heavy atom. The summed E-state index contributed by atoms with van der Waals surface area (Å²) in [7, 11) is 0. The smallest absolute Gasteiger partial charge is 0.231 e. The highest BCUT2D eigenvalue weighted by Crippen LogP contribution is 2.35. The van der Waals surface area contributed by atoms with Gasteiger partial charge < -0.3 is 30.0 Å². The predicted molar refractivity (Wildman–Crippen MR) is 99.2 cm³/mol. The van der Waals surface area contributed by atoms with Gasteiger partial charge in [-0.2, -0.15) is 0 Å². The molecule has 0 aromatic heterocycles. The number of piperidine rings is 1. The van der Waals surface area contributed by atoms with Crippen molar-refractivity contribution in [1.29, 1.82) is 0 Å². The second-order valence-corrected chi connectivity index (χ2v) is 6.52. The Morgan fingerprint density at radius 1 is 1.31 bits per heavy atom. The highest BCUT2D eigenvalue weighted by molar-refractivity contribution is 5.85. The topological polar surface area (TPSA) is 89.1 Å². The lowest BCUT2D eigenvalue weighted by molar-refractivity contribution is -0.122. The largest absolute Gasteiger partial charge is 0.491 e. The number of amides is 1. The van der Waals surface area contributed by atoms with E-state index in [0.29, 0.717) is 29.6 Å². The molecule has 146 valence electrons. The molecule has 1 unspecified atom stereocenters. The molecule has 26 heavy (non-hydrogen) atoms. The summed E-state index contributed by atoms with van der Waals surface area (Å²) in [6.07, 6.45) is 2.95. The molecule has 1 amide bonds. The van der Waals surface area contributed by atoms with Gasteiger partial charge in [0, 0.05) is 19.0 Å². The van der Waals surface area contributed by atoms with Crippen LogP contribution in [-0.2, 0) is 4.79 Å². The molecule has 3 rings (SSSR count). The number of fused-ring (bicyclic) bond motifs is 1. The van der Waals surface area contributed by atoms with Gasteiger partial charge in [-0.15, -0.1) is 12.4 Å². The van der Waals surface area contributed by atoms with Crippen molar-refractivity contribution in [3.8, 4) is 17.2 Å². The highest BCUT2D eigenvalue weighted by atomic mass is 35.5. The molecule has 8 heteroatoms. The van der Waals surface area contributed by atoms with E-state index in [2.05, 4.69) is 10.6 Å². The summed E-state index contributed by atoms with van der Waals surface area (Å²) in [6.45, 7) is 2.60. The van der Waals surface area contributed by atoms with Crippen molar-refractivity contribution in [3.63, 3.8) is 0 Å². The molecule has 1 aromatic carbocycles. The summed E-state index contributed by atoms with van der Waals surface area (Å²) in [5.74, 6) is 2.54. The molecule has 2 aliphatic rings. The molecule has 0 radical (unpaired) electrons. The average molecular weight is 387 g/mol. The fourth-order valence-electron chi connectivity index (χ4n) is 3.04. The summed E-state index contributed by atoms with van der Waals surface area (Å²) in [4.78, 5) is 11.9. The first-order valence-corrected chi connectivity index (χ1v) is 8.88. The van der Waals surface area contributed by atoms with Crippen molar-refractivity contribution in [2.75, 3.05) is 33.0 Å². The molecule has 2 heterocycles. The van der Waals surface area contributed by atoms with Gasteiger partial charge in [0.25, 0.3) is 0 Å². The lowest BCUT2D eigenvalue weighted by Gasteiger charge is -2.22. The molecule has 7 nitrogen and oxygen atoms in total. The summed E-state index contributed by atoms with van der Waals surface area (Å²) in [6, 6.07) is 5.26. The van der Waals surface area contributed by atoms with Crippen molar-refractivity contribution in [1.82, 2.24) is 10.6 Å². The summed E-state index contributed by atoms with van der Waals surface area (Å²) >= 11 is 0. The number of hydrogen-bond acceptors (Lipinski definition) is 6. The van der Waals surface area contributed by atoms with E-state index in [0.717, 1.165) is 32.4 Å². The summed E-state index contributed by atoms with van der Waals surface area (Å²) in [5.41, 5.74) is 0. The zero-order chi connectivity index (χ0) is 17.5. The van der Waals surface area contributed by atoms with Crippen LogP contribution in [0.5, 0.6) is 17.2 Å². The number of rotatable bonds is 8. The lowest BCUT2D eigenvalue weighted by Crippen LogP contribution is -2.35. The van der Waals surface area contributed by atoms with Crippen molar-refractivity contribution in [3.05, 3.63) is 18.2 Å². The Hall–Kier alpha value is -1.70. The number of benzene rings is 1. The van der Waals surface area contributed by atoms with Gasteiger partial charge in [0.05, 0.1) is 0 Å². The Balaban J connectivity index is 0.00000243. The Kier molecular flexibility index (Phi) is 8.28. The van der Waals surface area contributed by atoms with E-state index in [1.54, 1.807) is 18.2 Å². The van der Waals surface area contributed by atoms with Crippen LogP contribution in [-0.4, -0.2) is 50.2 Å². The van der Waals surface area contributed by atoms with Crippen LogP contribution in [0.2, 0.25) is 0 Å². The Labute approximate surface area is 159 Å². The number of nitrogens with one attached hydrogen (secondary N) is 2. The van der Waals surface area contributed by atoms with E-state index in [-0.39, 0.29) is 38.3 Å². The SMILES string of the molecule is Cl.O=C(CCC1CCNCC1)NCC(O)COc1ccc2c(c1)OCO2. The molecule has 0 bridgehead atoms. The van der Waals surface area contributed by atoms with Gasteiger partial charge in [0.15, 0.2) is 11.5 Å². The first-order chi connectivity index (χ1) is 12.2. The molecule has 2 aliphatic heterocycles. The van der Waals surface area contributed by atoms with Gasteiger partial charge in [-0.05, 0) is 50.4 Å². The summed E-state index contributed by atoms with van der Waals surface area (Å²) < 4.78 is 16.0. The van der Waals surface area contributed by atoms with Gasteiger partial charge in [-0.1, -0.05) is 0 Å². The number of ether oxygens (including phenoxy) is 3. The zero-order valence-electron chi connectivity index (χ0n) is 14.7. The van der Waals surface area contributed by atoms with Crippen LogP contribution in [0, 0.1) is 5.92 Å². The van der Waals surface area contributed by atoms with Crippen LogP contribution in [0.4, 0.5) is 0 Å². The summed E-state index contributed by atoms with van der Waals surface area (Å²) in [5, 5.41) is 16.1. The maximum Gasteiger partial charge on any atom is 0.231 e. The third kappa shape index (κ3) is 6.23. The zero-order valence-corrected chi connectivity index (χ0v) is 15.6. The molecule has 0 saturated carbocycles. The minimum Gasteiger partial charge on any atom is -0.491 e. The number of hydrogen-bond donors (Lipinski definition) is 3. The molecule has 1 atom stereocenters. The molecule has 3 N–H and O–H groups in total. The van der Waals surface area contributed by atoms with Crippen molar-refractivity contribution < 1.29 is 24.1 Å². The van der Waals surface area contributed by atoms with E-state index in [1.165, 1.54) is 0 Å². The maximum atomic E-state index is 11.9. The fourth-order valence-corrected chi connectivity index (χ4v) is 3.04. The molecule has 0 spiro atoms. The first kappa shape index (κ1) is 20.6. The van der Waals surface area contributed by atoms with Crippen LogP contribution in [0.3, 0.4) is 0 Å². The second-order valence-electron chi connectivity index (χ2n) is 6.52. The molecular weight excluding hydrogens is 360 g/mol. The molecule has 1 saturated heterocycles. The van der Waals surface area contributed by atoms with E-state index < -0.39 is 6.10 Å². The van der Waals surface area contributed by atoms with Gasteiger partial charge >= 0.3 is 0 Å². The first-order valence-electron chi connectivity index (χ1n) is 8.88. The average Bonchev–Trinajstić information content (AvgIpc) is 3.11. The normalized spacial score (nSPS) is 17.3. The maximum absolute atomic E-state index is 11.9. The van der Waals surface area contributed by atoms with E-state index in [4.69, 9.17) is 14.2 Å². The number of aliphatic hydroxyl groups is 1. The second kappa shape index (κ2) is 10.4. The van der Waals surface area contributed by atoms with Crippen molar-refractivity contribution in [2.45, 2.75) is 31.8 Å². The van der Waals surface area contributed by atoms with Crippen LogP contribution in [0.15, 0.2) is 18.2 Å². The van der Waals surface area contributed by atoms with E-state index in [1.807, 2.05) is 0 Å². The molecule has 1 aromatic rings. The van der Waals surface area contributed by atoms with Crippen LogP contribution < -0.4 is 24.8 Å². The number of carbonyl (C=O) groups is 1. The highest BCUT2D eigenvalue weighted by Gasteiger charge is 2.16.